The lowest BCUT2D eigenvalue weighted by Gasteiger charge is -2.39. The van der Waals surface area contributed by atoms with E-state index in [2.05, 4.69) is 10.6 Å². The normalized spacial score (nSPS) is 32.3. The zero-order chi connectivity index (χ0) is 10.8. The first-order chi connectivity index (χ1) is 6.49. The third-order valence-electron chi connectivity index (χ3n) is 2.77. The van der Waals surface area contributed by atoms with E-state index in [0.29, 0.717) is 19.5 Å². The van der Waals surface area contributed by atoms with Crippen molar-refractivity contribution in [3.8, 4) is 0 Å². The summed E-state index contributed by atoms with van der Waals surface area (Å²) >= 11 is 0. The highest BCUT2D eigenvalue weighted by Crippen LogP contribution is 2.24. The molecule has 2 atom stereocenters. The van der Waals surface area contributed by atoms with Crippen LogP contribution in [0.3, 0.4) is 0 Å². The van der Waals surface area contributed by atoms with Gasteiger partial charge in [-0.1, -0.05) is 6.92 Å². The Balaban J connectivity index is 2.88. The van der Waals surface area contributed by atoms with Gasteiger partial charge in [0, 0.05) is 19.4 Å². The first-order valence-corrected chi connectivity index (χ1v) is 4.72. The fraction of sp³-hybridized carbons (Fsp3) is 0.778. The summed E-state index contributed by atoms with van der Waals surface area (Å²) in [7, 11) is 0. The number of carbonyl (C=O) groups is 2. The van der Waals surface area contributed by atoms with E-state index in [1.54, 1.807) is 0 Å². The van der Waals surface area contributed by atoms with E-state index >= 15 is 0 Å². The van der Waals surface area contributed by atoms with E-state index in [1.165, 1.54) is 6.92 Å². The summed E-state index contributed by atoms with van der Waals surface area (Å²) in [6.07, 6.45) is 0.434. The third kappa shape index (κ3) is 1.87. The van der Waals surface area contributed by atoms with Gasteiger partial charge in [-0.25, -0.2) is 4.79 Å². The molecule has 1 heterocycles. The molecule has 5 heteroatoms. The van der Waals surface area contributed by atoms with Gasteiger partial charge in [-0.15, -0.1) is 0 Å². The lowest BCUT2D eigenvalue weighted by atomic mass is 9.79. The van der Waals surface area contributed by atoms with Crippen molar-refractivity contribution in [1.29, 1.82) is 0 Å². The molecule has 1 rings (SSSR count). The van der Waals surface area contributed by atoms with Crippen molar-refractivity contribution in [2.24, 2.45) is 5.92 Å². The molecule has 2 unspecified atom stereocenters. The second kappa shape index (κ2) is 3.96. The molecule has 1 aliphatic heterocycles. The highest BCUT2D eigenvalue weighted by molar-refractivity contribution is 5.86. The maximum absolute atomic E-state index is 11.2. The van der Waals surface area contributed by atoms with Gasteiger partial charge >= 0.3 is 5.97 Å². The molecule has 1 saturated heterocycles. The zero-order valence-corrected chi connectivity index (χ0v) is 8.46. The highest BCUT2D eigenvalue weighted by atomic mass is 16.4. The van der Waals surface area contributed by atoms with Crippen molar-refractivity contribution < 1.29 is 14.7 Å². The summed E-state index contributed by atoms with van der Waals surface area (Å²) < 4.78 is 0. The number of carbonyl (C=O) groups excluding carboxylic acids is 1. The molecule has 1 fully saturated rings. The molecule has 0 spiro atoms. The van der Waals surface area contributed by atoms with E-state index < -0.39 is 11.5 Å². The summed E-state index contributed by atoms with van der Waals surface area (Å²) in [5.41, 5.74) is -1.09. The Labute approximate surface area is 82.9 Å². The third-order valence-corrected chi connectivity index (χ3v) is 2.77. The van der Waals surface area contributed by atoms with Crippen LogP contribution in [0.15, 0.2) is 0 Å². The van der Waals surface area contributed by atoms with Crippen LogP contribution in [-0.2, 0) is 9.59 Å². The van der Waals surface area contributed by atoms with Gasteiger partial charge in [0.05, 0.1) is 0 Å². The van der Waals surface area contributed by atoms with Crippen LogP contribution in [0.1, 0.15) is 20.3 Å². The summed E-state index contributed by atoms with van der Waals surface area (Å²) in [6.45, 7) is 4.42. The molecule has 0 aromatic heterocycles. The minimum Gasteiger partial charge on any atom is -0.479 e. The van der Waals surface area contributed by atoms with E-state index in [-0.39, 0.29) is 11.8 Å². The smallest absolute Gasteiger partial charge is 0.329 e. The van der Waals surface area contributed by atoms with Gasteiger partial charge in [0.15, 0.2) is 0 Å². The van der Waals surface area contributed by atoms with Crippen molar-refractivity contribution in [3.63, 3.8) is 0 Å². The topological polar surface area (TPSA) is 78.4 Å². The Bertz CT molecular complexity index is 254. The van der Waals surface area contributed by atoms with Crippen molar-refractivity contribution >= 4 is 11.9 Å². The molecule has 0 saturated carbocycles. The molecule has 0 aromatic carbocycles. The number of carboxylic acids is 1. The molecule has 80 valence electrons. The lowest BCUT2D eigenvalue weighted by molar-refractivity contribution is -0.151. The van der Waals surface area contributed by atoms with Crippen LogP contribution in [0.2, 0.25) is 0 Å². The van der Waals surface area contributed by atoms with Gasteiger partial charge in [-0.05, 0) is 13.0 Å². The number of piperidine rings is 1. The maximum Gasteiger partial charge on any atom is 0.329 e. The Morgan fingerprint density at radius 3 is 2.64 bits per heavy atom. The number of rotatable bonds is 2. The quantitative estimate of drug-likeness (QED) is 0.565. The fourth-order valence-corrected chi connectivity index (χ4v) is 1.90. The van der Waals surface area contributed by atoms with Gasteiger partial charge in [-0.2, -0.15) is 0 Å². The second-order valence-electron chi connectivity index (χ2n) is 3.81. The molecular weight excluding hydrogens is 184 g/mol. The fourth-order valence-electron chi connectivity index (χ4n) is 1.90. The van der Waals surface area contributed by atoms with Crippen LogP contribution in [-0.4, -0.2) is 35.6 Å². The lowest BCUT2D eigenvalue weighted by Crippen LogP contribution is -2.63. The van der Waals surface area contributed by atoms with Gasteiger partial charge in [0.2, 0.25) is 5.91 Å². The molecule has 0 aromatic rings. The maximum atomic E-state index is 11.2. The second-order valence-corrected chi connectivity index (χ2v) is 3.81. The van der Waals surface area contributed by atoms with Crippen LogP contribution in [0.4, 0.5) is 0 Å². The van der Waals surface area contributed by atoms with Crippen LogP contribution >= 0.6 is 0 Å². The monoisotopic (exact) mass is 200 g/mol. The molecule has 14 heavy (non-hydrogen) atoms. The summed E-state index contributed by atoms with van der Waals surface area (Å²) in [5, 5.41) is 14.8. The van der Waals surface area contributed by atoms with Crippen molar-refractivity contribution in [2.45, 2.75) is 25.8 Å². The van der Waals surface area contributed by atoms with Gasteiger partial charge < -0.3 is 15.7 Å². The molecule has 0 radical (unpaired) electrons. The predicted molar refractivity (Wildman–Crippen MR) is 50.8 cm³/mol. The van der Waals surface area contributed by atoms with Gasteiger partial charge in [-0.3, -0.25) is 4.79 Å². The van der Waals surface area contributed by atoms with E-state index in [0.717, 1.165) is 0 Å². The van der Waals surface area contributed by atoms with Crippen molar-refractivity contribution in [1.82, 2.24) is 10.6 Å². The predicted octanol–water partition coefficient (Wildman–Crippen LogP) is -0.425. The van der Waals surface area contributed by atoms with E-state index in [4.69, 9.17) is 5.11 Å². The summed E-state index contributed by atoms with van der Waals surface area (Å²) in [6, 6.07) is 0. The highest BCUT2D eigenvalue weighted by Gasteiger charge is 2.45. The minimum atomic E-state index is -1.09. The van der Waals surface area contributed by atoms with Crippen molar-refractivity contribution in [3.05, 3.63) is 0 Å². The Morgan fingerprint density at radius 2 is 2.21 bits per heavy atom. The summed E-state index contributed by atoms with van der Waals surface area (Å²) in [4.78, 5) is 22.2. The largest absolute Gasteiger partial charge is 0.479 e. The van der Waals surface area contributed by atoms with Crippen LogP contribution in [0.25, 0.3) is 0 Å². The number of aliphatic carboxylic acids is 1. The minimum absolute atomic E-state index is 0.0994. The first-order valence-electron chi connectivity index (χ1n) is 4.72. The van der Waals surface area contributed by atoms with Crippen molar-refractivity contribution in [2.75, 3.05) is 13.1 Å². The average molecular weight is 200 g/mol. The molecule has 1 amide bonds. The Morgan fingerprint density at radius 1 is 1.57 bits per heavy atom. The Hall–Kier alpha value is -1.10. The Kier molecular flexibility index (Phi) is 3.10. The molecular formula is C9H16N2O3. The molecule has 5 nitrogen and oxygen atoms in total. The molecule has 0 bridgehead atoms. The summed E-state index contributed by atoms with van der Waals surface area (Å²) in [5.74, 6) is -1.33. The standard InChI is InChI=1S/C9H16N2O3/c1-6-5-10-4-3-9(6,8(13)14)11-7(2)12/h6,10H,3-5H2,1-2H3,(H,11,12)(H,13,14). The molecule has 1 aliphatic rings. The molecule has 3 N–H and O–H groups in total. The number of amides is 1. The van der Waals surface area contributed by atoms with Gasteiger partial charge in [0.25, 0.3) is 0 Å². The molecule has 0 aliphatic carbocycles. The van der Waals surface area contributed by atoms with Gasteiger partial charge in [0.1, 0.15) is 5.54 Å². The number of nitrogens with one attached hydrogen (secondary N) is 2. The zero-order valence-electron chi connectivity index (χ0n) is 8.46. The van der Waals surface area contributed by atoms with Crippen LogP contribution < -0.4 is 10.6 Å². The SMILES string of the molecule is CC(=O)NC1(C(=O)O)CCNCC1C. The van der Waals surface area contributed by atoms with Crippen LogP contribution in [0.5, 0.6) is 0 Å². The van der Waals surface area contributed by atoms with Crippen LogP contribution in [0, 0.1) is 5.92 Å². The average Bonchev–Trinajstić information content (AvgIpc) is 2.08. The first kappa shape index (κ1) is 11.0. The number of carboxylic acid groups (broad SMARTS) is 1. The van der Waals surface area contributed by atoms with E-state index in [9.17, 15) is 9.59 Å². The van der Waals surface area contributed by atoms with E-state index in [1.807, 2.05) is 6.92 Å². The number of hydrogen-bond donors (Lipinski definition) is 3. The number of hydrogen-bond acceptors (Lipinski definition) is 3.